The van der Waals surface area contributed by atoms with Gasteiger partial charge in [-0.15, -0.1) is 0 Å². The Hall–Kier alpha value is -1.30. The maximum absolute atomic E-state index is 11.5. The van der Waals surface area contributed by atoms with Crippen LogP contribution in [-0.4, -0.2) is 45.2 Å². The van der Waals surface area contributed by atoms with Crippen LogP contribution in [0.4, 0.5) is 4.79 Å². The van der Waals surface area contributed by atoms with Crippen molar-refractivity contribution in [3.05, 3.63) is 0 Å². The first-order valence-electron chi connectivity index (χ1n) is 12.4. The third-order valence-electron chi connectivity index (χ3n) is 9.21. The van der Waals surface area contributed by atoms with Crippen molar-refractivity contribution in [3.63, 3.8) is 0 Å². The Kier molecular flexibility index (Phi) is 6.19. The Morgan fingerprint density at radius 1 is 0.613 bits per heavy atom. The molecule has 6 heteroatoms. The van der Waals surface area contributed by atoms with Crippen molar-refractivity contribution in [2.24, 2.45) is 47.3 Å². The minimum atomic E-state index is -0.493. The van der Waals surface area contributed by atoms with Gasteiger partial charge in [-0.1, -0.05) is 0 Å². The summed E-state index contributed by atoms with van der Waals surface area (Å²) < 4.78 is 20.4. The van der Waals surface area contributed by atoms with E-state index < -0.39 is 6.16 Å². The normalized spacial score (nSPS) is 45.6. The van der Waals surface area contributed by atoms with Gasteiger partial charge in [-0.25, -0.2) is 9.59 Å². The van der Waals surface area contributed by atoms with Crippen LogP contribution in [0.15, 0.2) is 0 Å². The molecule has 174 valence electrons. The van der Waals surface area contributed by atoms with E-state index in [9.17, 15) is 9.59 Å². The van der Waals surface area contributed by atoms with Crippen LogP contribution in [0.2, 0.25) is 0 Å². The second-order valence-corrected chi connectivity index (χ2v) is 11.3. The number of carbonyl (C=O) groups excluding carboxylic acids is 2. The number of carbonyl (C=O) groups is 2. The highest BCUT2D eigenvalue weighted by Crippen LogP contribution is 2.55. The van der Waals surface area contributed by atoms with Crippen LogP contribution in [0.25, 0.3) is 0 Å². The van der Waals surface area contributed by atoms with Gasteiger partial charge in [0.05, 0.1) is 7.11 Å². The molecule has 0 atom stereocenters. The van der Waals surface area contributed by atoms with E-state index in [-0.39, 0.29) is 24.8 Å². The molecule has 0 N–H and O–H groups in total. The van der Waals surface area contributed by atoms with Gasteiger partial charge in [0.25, 0.3) is 0 Å². The van der Waals surface area contributed by atoms with Gasteiger partial charge in [0.1, 0.15) is 18.8 Å². The Bertz CT molecular complexity index is 619. The molecule has 0 radical (unpaired) electrons. The Morgan fingerprint density at radius 3 is 1.35 bits per heavy atom. The number of hydrogen-bond acceptors (Lipinski definition) is 6. The number of rotatable bonds is 4. The SMILES string of the molecule is COC(=O)OC1C2CC3CC(C2)CC1C3.COCC(=O)OC1C2CC3CC(C2)CC1C3. The molecule has 0 aromatic carbocycles. The summed E-state index contributed by atoms with van der Waals surface area (Å²) in [6.45, 7) is 0.1000. The third-order valence-corrected chi connectivity index (χ3v) is 9.21. The predicted octanol–water partition coefficient (Wildman–Crippen LogP) is 4.59. The van der Waals surface area contributed by atoms with Crippen molar-refractivity contribution in [1.29, 1.82) is 0 Å². The topological polar surface area (TPSA) is 71.1 Å². The summed E-state index contributed by atoms with van der Waals surface area (Å²) in [4.78, 5) is 22.6. The lowest BCUT2D eigenvalue weighted by atomic mass is 9.55. The standard InChI is InChI=1S/C13H20O3.C12H18O3/c1-15-7-12(14)16-13-10-3-8-2-9(5-10)6-11(13)4-8;1-14-12(13)15-11-9-3-7-2-8(5-9)6-10(11)4-7/h8-11,13H,2-7H2,1H3;7-11H,2-6H2,1H3. The van der Waals surface area contributed by atoms with E-state index in [0.29, 0.717) is 23.7 Å². The van der Waals surface area contributed by atoms with Crippen LogP contribution < -0.4 is 0 Å². The first kappa shape index (κ1) is 21.5. The first-order chi connectivity index (χ1) is 15.0. The molecule has 0 aromatic heterocycles. The zero-order chi connectivity index (χ0) is 21.5. The Morgan fingerprint density at radius 2 is 1.00 bits per heavy atom. The summed E-state index contributed by atoms with van der Waals surface area (Å²) in [7, 11) is 2.93. The fourth-order valence-corrected chi connectivity index (χ4v) is 8.60. The summed E-state index contributed by atoms with van der Waals surface area (Å²) in [6.07, 6.45) is 13.0. The molecule has 8 rings (SSSR count). The van der Waals surface area contributed by atoms with Gasteiger partial charge in [-0.3, -0.25) is 0 Å². The molecule has 31 heavy (non-hydrogen) atoms. The molecule has 8 fully saturated rings. The summed E-state index contributed by atoms with van der Waals surface area (Å²) in [5.41, 5.74) is 0. The van der Waals surface area contributed by atoms with E-state index in [1.165, 1.54) is 78.4 Å². The molecule has 0 heterocycles. The van der Waals surface area contributed by atoms with E-state index in [2.05, 4.69) is 4.74 Å². The quantitative estimate of drug-likeness (QED) is 0.603. The maximum atomic E-state index is 11.5. The van der Waals surface area contributed by atoms with Crippen LogP contribution in [0.5, 0.6) is 0 Å². The largest absolute Gasteiger partial charge is 0.508 e. The minimum absolute atomic E-state index is 0.1000. The Balaban J connectivity index is 0.000000132. The molecule has 0 saturated heterocycles. The number of hydrogen-bond donors (Lipinski definition) is 0. The van der Waals surface area contributed by atoms with Crippen LogP contribution in [0.3, 0.4) is 0 Å². The molecule has 0 amide bonds. The fourth-order valence-electron chi connectivity index (χ4n) is 8.60. The lowest BCUT2D eigenvalue weighted by Gasteiger charge is -2.53. The molecule has 0 aromatic rings. The second-order valence-electron chi connectivity index (χ2n) is 11.3. The van der Waals surface area contributed by atoms with Gasteiger partial charge in [0, 0.05) is 7.11 Å². The van der Waals surface area contributed by atoms with E-state index in [4.69, 9.17) is 14.2 Å². The zero-order valence-corrected chi connectivity index (χ0v) is 19.0. The lowest BCUT2D eigenvalue weighted by molar-refractivity contribution is -0.174. The molecular formula is C25H38O6. The minimum Gasteiger partial charge on any atom is -0.460 e. The van der Waals surface area contributed by atoms with Crippen molar-refractivity contribution in [3.8, 4) is 0 Å². The molecule has 0 unspecified atom stereocenters. The average Bonchev–Trinajstić information content (AvgIpc) is 2.73. The molecule has 8 aliphatic carbocycles. The first-order valence-corrected chi connectivity index (χ1v) is 12.4. The van der Waals surface area contributed by atoms with E-state index >= 15 is 0 Å². The van der Waals surface area contributed by atoms with Crippen molar-refractivity contribution in [2.45, 2.75) is 76.4 Å². The van der Waals surface area contributed by atoms with Gasteiger partial charge in [-0.05, 0) is 112 Å². The molecule has 8 bridgehead atoms. The van der Waals surface area contributed by atoms with Gasteiger partial charge < -0.3 is 18.9 Å². The van der Waals surface area contributed by atoms with Crippen molar-refractivity contribution in [1.82, 2.24) is 0 Å². The molecule has 0 aliphatic heterocycles. The van der Waals surface area contributed by atoms with E-state index in [1.54, 1.807) is 0 Å². The van der Waals surface area contributed by atoms with Crippen LogP contribution in [0, 0.1) is 47.3 Å². The summed E-state index contributed by atoms with van der Waals surface area (Å²) >= 11 is 0. The molecular weight excluding hydrogens is 396 g/mol. The molecule has 6 nitrogen and oxygen atoms in total. The lowest BCUT2D eigenvalue weighted by Crippen LogP contribution is -2.50. The van der Waals surface area contributed by atoms with E-state index in [1.807, 2.05) is 0 Å². The number of esters is 1. The number of methoxy groups -OCH3 is 2. The third kappa shape index (κ3) is 4.46. The van der Waals surface area contributed by atoms with Gasteiger partial charge >= 0.3 is 12.1 Å². The van der Waals surface area contributed by atoms with Crippen molar-refractivity contribution in [2.75, 3.05) is 20.8 Å². The highest BCUT2D eigenvalue weighted by Gasteiger charge is 2.51. The van der Waals surface area contributed by atoms with Crippen molar-refractivity contribution >= 4 is 12.1 Å². The van der Waals surface area contributed by atoms with Crippen molar-refractivity contribution < 1.29 is 28.5 Å². The highest BCUT2D eigenvalue weighted by atomic mass is 16.7. The van der Waals surface area contributed by atoms with Crippen LogP contribution in [0.1, 0.15) is 64.2 Å². The van der Waals surface area contributed by atoms with E-state index in [0.717, 1.165) is 23.7 Å². The smallest absolute Gasteiger partial charge is 0.460 e. The Labute approximate surface area is 185 Å². The highest BCUT2D eigenvalue weighted by molar-refractivity contribution is 5.71. The summed E-state index contributed by atoms with van der Waals surface area (Å²) in [6, 6.07) is 0. The fraction of sp³-hybridized carbons (Fsp3) is 0.920. The molecule has 8 saturated carbocycles. The summed E-state index contributed by atoms with van der Waals surface area (Å²) in [5, 5.41) is 0. The monoisotopic (exact) mass is 434 g/mol. The molecule has 8 aliphatic rings. The van der Waals surface area contributed by atoms with Gasteiger partial charge in [-0.2, -0.15) is 0 Å². The maximum Gasteiger partial charge on any atom is 0.508 e. The van der Waals surface area contributed by atoms with Crippen LogP contribution in [-0.2, 0) is 23.7 Å². The average molecular weight is 435 g/mol. The summed E-state index contributed by atoms with van der Waals surface area (Å²) in [5.74, 6) is 6.07. The zero-order valence-electron chi connectivity index (χ0n) is 19.0. The van der Waals surface area contributed by atoms with Gasteiger partial charge in [0.2, 0.25) is 0 Å². The predicted molar refractivity (Wildman–Crippen MR) is 113 cm³/mol. The molecule has 0 spiro atoms. The second kappa shape index (κ2) is 8.92. The van der Waals surface area contributed by atoms with Gasteiger partial charge in [0.15, 0.2) is 0 Å². The number of ether oxygens (including phenoxy) is 4. The van der Waals surface area contributed by atoms with Crippen LogP contribution >= 0.6 is 0 Å².